The lowest BCUT2D eigenvalue weighted by atomic mass is 10.2. The molecule has 5 heteroatoms. The van der Waals surface area contributed by atoms with Gasteiger partial charge in [0.2, 0.25) is 0 Å². The molecular weight excluding hydrogens is 298 g/mol. The summed E-state index contributed by atoms with van der Waals surface area (Å²) >= 11 is 4.74. The quantitative estimate of drug-likeness (QED) is 0.796. The maximum absolute atomic E-state index is 9.05. The highest BCUT2D eigenvalue weighted by Gasteiger charge is 2.06. The minimum atomic E-state index is 0.620. The Kier molecular flexibility index (Phi) is 3.77. The lowest BCUT2D eigenvalue weighted by molar-refractivity contribution is 0.932. The molecule has 0 N–H and O–H groups in total. The Labute approximate surface area is 112 Å². The van der Waals surface area contributed by atoms with Crippen molar-refractivity contribution in [2.45, 2.75) is 17.0 Å². The van der Waals surface area contributed by atoms with Crippen LogP contribution in [0.2, 0.25) is 0 Å². The Hall–Kier alpha value is -1.38. The van der Waals surface area contributed by atoms with Crippen molar-refractivity contribution >= 4 is 27.7 Å². The van der Waals surface area contributed by atoms with Crippen LogP contribution in [0.4, 0.5) is 0 Å². The van der Waals surface area contributed by atoms with E-state index in [2.05, 4.69) is 32.0 Å². The molecule has 2 aromatic rings. The Bertz CT molecular complexity index is 593. The van der Waals surface area contributed by atoms with Crippen molar-refractivity contribution in [3.8, 4) is 6.07 Å². The van der Waals surface area contributed by atoms with Crippen LogP contribution in [0, 0.1) is 18.3 Å². The average molecular weight is 306 g/mol. The second kappa shape index (κ2) is 5.30. The van der Waals surface area contributed by atoms with E-state index in [-0.39, 0.29) is 0 Å². The molecule has 0 spiro atoms. The molecule has 0 amide bonds. The Balaban J connectivity index is 2.34. The van der Waals surface area contributed by atoms with Crippen LogP contribution in [0.5, 0.6) is 0 Å². The maximum atomic E-state index is 9.05. The molecule has 3 nitrogen and oxygen atoms in total. The predicted octanol–water partition coefficient (Wildman–Crippen LogP) is 3.57. The average Bonchev–Trinajstić information content (AvgIpc) is 2.31. The number of hydrogen-bond acceptors (Lipinski definition) is 4. The third-order valence-electron chi connectivity index (χ3n) is 2.04. The van der Waals surface area contributed by atoms with E-state index in [1.165, 1.54) is 11.8 Å². The van der Waals surface area contributed by atoms with E-state index in [1.807, 2.05) is 25.1 Å². The largest absolute Gasteiger partial charge is 0.231 e. The summed E-state index contributed by atoms with van der Waals surface area (Å²) < 4.78 is 0.892. The molecule has 0 saturated carbocycles. The van der Waals surface area contributed by atoms with Gasteiger partial charge in [-0.2, -0.15) is 5.26 Å². The van der Waals surface area contributed by atoms with Crippen LogP contribution < -0.4 is 0 Å². The monoisotopic (exact) mass is 305 g/mol. The first-order valence-corrected chi connectivity index (χ1v) is 6.47. The van der Waals surface area contributed by atoms with Crippen molar-refractivity contribution in [2.24, 2.45) is 0 Å². The highest BCUT2D eigenvalue weighted by Crippen LogP contribution is 2.29. The fourth-order valence-electron chi connectivity index (χ4n) is 1.25. The minimum Gasteiger partial charge on any atom is -0.231 e. The summed E-state index contributed by atoms with van der Waals surface area (Å²) in [5.74, 6) is 0. The van der Waals surface area contributed by atoms with Crippen LogP contribution in [0.3, 0.4) is 0 Å². The van der Waals surface area contributed by atoms with Crippen LogP contribution in [-0.4, -0.2) is 9.97 Å². The highest BCUT2D eigenvalue weighted by atomic mass is 79.9. The summed E-state index contributed by atoms with van der Waals surface area (Å²) in [5, 5.41) is 9.71. The summed E-state index contributed by atoms with van der Waals surface area (Å²) in [7, 11) is 0. The topological polar surface area (TPSA) is 49.6 Å². The Morgan fingerprint density at radius 3 is 2.88 bits per heavy atom. The summed E-state index contributed by atoms with van der Waals surface area (Å²) in [6, 6.07) is 9.59. The Morgan fingerprint density at radius 2 is 2.18 bits per heavy atom. The summed E-state index contributed by atoms with van der Waals surface area (Å²) in [5.41, 5.74) is 1.53. The van der Waals surface area contributed by atoms with Gasteiger partial charge in [0.05, 0.1) is 5.56 Å². The zero-order valence-corrected chi connectivity index (χ0v) is 11.4. The molecule has 1 heterocycles. The molecule has 1 aromatic carbocycles. The summed E-state index contributed by atoms with van der Waals surface area (Å²) in [6.07, 6.45) is 1.72. The number of nitriles is 1. The molecule has 2 rings (SSSR count). The third kappa shape index (κ3) is 3.05. The molecule has 84 valence electrons. The number of nitrogens with zero attached hydrogens (tertiary/aromatic N) is 3. The maximum Gasteiger partial charge on any atom is 0.192 e. The number of aryl methyl sites for hydroxylation is 1. The molecule has 0 aliphatic carbocycles. The van der Waals surface area contributed by atoms with E-state index in [1.54, 1.807) is 12.3 Å². The number of benzene rings is 1. The van der Waals surface area contributed by atoms with Gasteiger partial charge in [-0.15, -0.1) is 0 Å². The van der Waals surface area contributed by atoms with Gasteiger partial charge in [0, 0.05) is 21.3 Å². The Morgan fingerprint density at radius 1 is 1.35 bits per heavy atom. The first kappa shape index (κ1) is 12.1. The number of aromatic nitrogens is 2. The fourth-order valence-corrected chi connectivity index (χ4v) is 2.46. The van der Waals surface area contributed by atoms with Gasteiger partial charge in [0.25, 0.3) is 0 Å². The molecule has 1 aromatic heterocycles. The fraction of sp³-hybridized carbons (Fsp3) is 0.0833. The van der Waals surface area contributed by atoms with E-state index in [4.69, 9.17) is 5.26 Å². The normalized spacial score (nSPS) is 9.94. The van der Waals surface area contributed by atoms with Crippen molar-refractivity contribution in [2.75, 3.05) is 0 Å². The molecule has 0 radical (unpaired) electrons. The van der Waals surface area contributed by atoms with Crippen molar-refractivity contribution in [3.05, 3.63) is 46.2 Å². The van der Waals surface area contributed by atoms with Crippen LogP contribution >= 0.6 is 27.7 Å². The van der Waals surface area contributed by atoms with Gasteiger partial charge in [-0.1, -0.05) is 15.9 Å². The molecule has 0 aliphatic heterocycles. The van der Waals surface area contributed by atoms with Crippen molar-refractivity contribution < 1.29 is 0 Å². The van der Waals surface area contributed by atoms with Crippen LogP contribution in [-0.2, 0) is 0 Å². The van der Waals surface area contributed by atoms with Gasteiger partial charge in [0.1, 0.15) is 6.07 Å². The summed E-state index contributed by atoms with van der Waals surface area (Å²) in [6.45, 7) is 1.92. The zero-order chi connectivity index (χ0) is 12.3. The number of hydrogen-bond donors (Lipinski definition) is 0. The van der Waals surface area contributed by atoms with Crippen LogP contribution in [0.15, 0.2) is 45.0 Å². The predicted molar refractivity (Wildman–Crippen MR) is 69.7 cm³/mol. The van der Waals surface area contributed by atoms with E-state index in [0.717, 1.165) is 15.1 Å². The van der Waals surface area contributed by atoms with E-state index in [9.17, 15) is 0 Å². The lowest BCUT2D eigenvalue weighted by Crippen LogP contribution is -1.89. The molecule has 0 aliphatic rings. The first-order chi connectivity index (χ1) is 8.19. The van der Waals surface area contributed by atoms with Crippen LogP contribution in [0.25, 0.3) is 0 Å². The van der Waals surface area contributed by atoms with Gasteiger partial charge in [-0.3, -0.25) is 0 Å². The lowest BCUT2D eigenvalue weighted by Gasteiger charge is -2.03. The molecular formula is C12H8BrN3S. The van der Waals surface area contributed by atoms with Crippen molar-refractivity contribution in [1.82, 2.24) is 9.97 Å². The molecule has 0 fully saturated rings. The standard InChI is InChI=1S/C12H8BrN3S/c1-8-4-5-15-12(16-8)17-11-3-2-10(13)6-9(11)7-14/h2-6H,1H3. The second-order valence-electron chi connectivity index (χ2n) is 3.33. The molecule has 0 unspecified atom stereocenters. The number of halogens is 1. The summed E-state index contributed by atoms with van der Waals surface area (Å²) in [4.78, 5) is 9.32. The first-order valence-electron chi connectivity index (χ1n) is 4.86. The van der Waals surface area contributed by atoms with Gasteiger partial charge in [-0.25, -0.2) is 9.97 Å². The van der Waals surface area contributed by atoms with Crippen LogP contribution in [0.1, 0.15) is 11.3 Å². The molecule has 0 atom stereocenters. The van der Waals surface area contributed by atoms with E-state index < -0.39 is 0 Å². The highest BCUT2D eigenvalue weighted by molar-refractivity contribution is 9.10. The second-order valence-corrected chi connectivity index (χ2v) is 5.26. The third-order valence-corrected chi connectivity index (χ3v) is 3.48. The smallest absolute Gasteiger partial charge is 0.192 e. The molecule has 17 heavy (non-hydrogen) atoms. The van der Waals surface area contributed by atoms with Gasteiger partial charge < -0.3 is 0 Å². The van der Waals surface area contributed by atoms with Crippen molar-refractivity contribution in [1.29, 1.82) is 5.26 Å². The number of rotatable bonds is 2. The SMILES string of the molecule is Cc1ccnc(Sc2ccc(Br)cc2C#N)n1. The van der Waals surface area contributed by atoms with Crippen molar-refractivity contribution in [3.63, 3.8) is 0 Å². The zero-order valence-electron chi connectivity index (χ0n) is 9.01. The van der Waals surface area contributed by atoms with E-state index >= 15 is 0 Å². The van der Waals surface area contributed by atoms with Gasteiger partial charge >= 0.3 is 0 Å². The molecule has 0 saturated heterocycles. The van der Waals surface area contributed by atoms with Gasteiger partial charge in [0.15, 0.2) is 5.16 Å². The molecule has 0 bridgehead atoms. The minimum absolute atomic E-state index is 0.620. The van der Waals surface area contributed by atoms with E-state index in [0.29, 0.717) is 10.7 Å². The van der Waals surface area contributed by atoms with Gasteiger partial charge in [-0.05, 0) is 43.0 Å².